The van der Waals surface area contributed by atoms with Gasteiger partial charge in [0.25, 0.3) is 0 Å². The molecule has 0 aromatic rings. The normalized spacial score (nSPS) is 31.3. The Labute approximate surface area is 117 Å². The maximum Gasteiger partial charge on any atom is 0.337 e. The molecule has 1 heterocycles. The summed E-state index contributed by atoms with van der Waals surface area (Å²) in [4.78, 5) is 24.2. The number of hydrogen-bond donors (Lipinski definition) is 0. The second-order valence-electron chi connectivity index (χ2n) is 4.95. The Morgan fingerprint density at radius 1 is 1.25 bits per heavy atom. The Balaban J connectivity index is 2.57. The molecule has 0 bridgehead atoms. The summed E-state index contributed by atoms with van der Waals surface area (Å²) in [5.41, 5.74) is -0.576. The highest BCUT2D eigenvalue weighted by molar-refractivity contribution is 5.94. The van der Waals surface area contributed by atoms with Crippen LogP contribution in [0.3, 0.4) is 0 Å². The first-order valence-corrected chi connectivity index (χ1v) is 6.37. The lowest BCUT2D eigenvalue weighted by Gasteiger charge is -2.21. The van der Waals surface area contributed by atoms with Crippen molar-refractivity contribution in [3.8, 4) is 0 Å². The molecule has 0 N–H and O–H groups in total. The van der Waals surface area contributed by atoms with Crippen LogP contribution in [-0.2, 0) is 23.8 Å². The van der Waals surface area contributed by atoms with Crippen LogP contribution >= 0.6 is 0 Å². The number of esters is 2. The van der Waals surface area contributed by atoms with Crippen LogP contribution in [-0.4, -0.2) is 32.3 Å². The third-order valence-corrected chi connectivity index (χ3v) is 3.97. The van der Waals surface area contributed by atoms with E-state index in [1.54, 1.807) is 12.2 Å². The van der Waals surface area contributed by atoms with Crippen molar-refractivity contribution in [2.45, 2.75) is 18.9 Å². The lowest BCUT2D eigenvalue weighted by Crippen LogP contribution is -2.30. The number of carbonyl (C=O) groups is 2. The van der Waals surface area contributed by atoms with Crippen LogP contribution in [0.5, 0.6) is 0 Å². The van der Waals surface area contributed by atoms with Crippen LogP contribution in [0, 0.1) is 11.3 Å². The zero-order chi connectivity index (χ0) is 14.9. The molecule has 1 fully saturated rings. The molecule has 2 rings (SSSR count). The molecular formula is C15H18O5. The predicted octanol–water partition coefficient (Wildman–Crippen LogP) is 1.75. The molecule has 108 valence electrons. The Kier molecular flexibility index (Phi) is 3.70. The lowest BCUT2D eigenvalue weighted by molar-refractivity contribution is -0.150. The van der Waals surface area contributed by atoms with E-state index in [-0.39, 0.29) is 12.0 Å². The van der Waals surface area contributed by atoms with E-state index in [4.69, 9.17) is 14.2 Å². The summed E-state index contributed by atoms with van der Waals surface area (Å²) in [6, 6.07) is 0. The van der Waals surface area contributed by atoms with E-state index in [1.165, 1.54) is 14.2 Å². The van der Waals surface area contributed by atoms with Gasteiger partial charge in [0, 0.05) is 12.3 Å². The van der Waals surface area contributed by atoms with Gasteiger partial charge in [-0.3, -0.25) is 4.79 Å². The van der Waals surface area contributed by atoms with E-state index in [9.17, 15) is 9.59 Å². The van der Waals surface area contributed by atoms with Gasteiger partial charge in [-0.25, -0.2) is 4.79 Å². The SMILES string of the molecule is C=C[C@@H]1C[C@]2(C(=O)OC)C[C@@H](C=C)C(C(=O)OC)=C2O1. The molecule has 1 aliphatic carbocycles. The average molecular weight is 278 g/mol. The fourth-order valence-corrected chi connectivity index (χ4v) is 3.03. The van der Waals surface area contributed by atoms with Crippen molar-refractivity contribution in [1.29, 1.82) is 0 Å². The number of carbonyl (C=O) groups excluding carboxylic acids is 2. The molecule has 0 aromatic carbocycles. The monoisotopic (exact) mass is 278 g/mol. The van der Waals surface area contributed by atoms with Crippen molar-refractivity contribution in [3.63, 3.8) is 0 Å². The summed E-state index contributed by atoms with van der Waals surface area (Å²) >= 11 is 0. The molecule has 1 aliphatic heterocycles. The largest absolute Gasteiger partial charge is 0.489 e. The van der Waals surface area contributed by atoms with Crippen LogP contribution in [0.4, 0.5) is 0 Å². The van der Waals surface area contributed by atoms with Crippen molar-refractivity contribution in [2.24, 2.45) is 11.3 Å². The molecule has 0 saturated carbocycles. The number of hydrogen-bond acceptors (Lipinski definition) is 5. The van der Waals surface area contributed by atoms with Gasteiger partial charge >= 0.3 is 11.9 Å². The van der Waals surface area contributed by atoms with Crippen molar-refractivity contribution < 1.29 is 23.8 Å². The maximum atomic E-state index is 12.2. The fourth-order valence-electron chi connectivity index (χ4n) is 3.03. The van der Waals surface area contributed by atoms with E-state index in [1.807, 2.05) is 0 Å². The quantitative estimate of drug-likeness (QED) is 0.579. The second kappa shape index (κ2) is 5.15. The Hall–Kier alpha value is -2.04. The average Bonchev–Trinajstić information content (AvgIpc) is 2.98. The molecule has 1 saturated heterocycles. The molecular weight excluding hydrogens is 260 g/mol. The molecule has 2 aliphatic rings. The minimum Gasteiger partial charge on any atom is -0.489 e. The minimum atomic E-state index is -0.935. The predicted molar refractivity (Wildman–Crippen MR) is 71.5 cm³/mol. The topological polar surface area (TPSA) is 61.8 Å². The van der Waals surface area contributed by atoms with Gasteiger partial charge in [0.1, 0.15) is 17.3 Å². The van der Waals surface area contributed by atoms with E-state index < -0.39 is 17.4 Å². The summed E-state index contributed by atoms with van der Waals surface area (Å²) in [7, 11) is 2.63. The van der Waals surface area contributed by atoms with Crippen LogP contribution in [0.1, 0.15) is 12.8 Å². The molecule has 3 atom stereocenters. The molecule has 0 unspecified atom stereocenters. The highest BCUT2D eigenvalue weighted by Crippen LogP contribution is 2.56. The molecule has 5 nitrogen and oxygen atoms in total. The third kappa shape index (κ3) is 1.85. The smallest absolute Gasteiger partial charge is 0.337 e. The van der Waals surface area contributed by atoms with E-state index in [0.717, 1.165) is 0 Å². The van der Waals surface area contributed by atoms with Gasteiger partial charge in [-0.15, -0.1) is 6.58 Å². The highest BCUT2D eigenvalue weighted by atomic mass is 16.5. The molecule has 0 aromatic heterocycles. The second-order valence-corrected chi connectivity index (χ2v) is 4.95. The summed E-state index contributed by atoms with van der Waals surface area (Å²) in [6.45, 7) is 7.40. The van der Waals surface area contributed by atoms with Crippen LogP contribution in [0.25, 0.3) is 0 Å². The molecule has 20 heavy (non-hydrogen) atoms. The van der Waals surface area contributed by atoms with Crippen molar-refractivity contribution in [1.82, 2.24) is 0 Å². The van der Waals surface area contributed by atoms with Gasteiger partial charge in [-0.1, -0.05) is 18.7 Å². The summed E-state index contributed by atoms with van der Waals surface area (Å²) in [5, 5.41) is 0. The van der Waals surface area contributed by atoms with Gasteiger partial charge in [0.15, 0.2) is 0 Å². The molecule has 5 heteroatoms. The maximum absolute atomic E-state index is 12.2. The molecule has 0 radical (unpaired) electrons. The molecule has 0 spiro atoms. The number of methoxy groups -OCH3 is 2. The first-order chi connectivity index (χ1) is 9.53. The van der Waals surface area contributed by atoms with Crippen LogP contribution in [0.15, 0.2) is 36.6 Å². The van der Waals surface area contributed by atoms with Crippen LogP contribution < -0.4 is 0 Å². The van der Waals surface area contributed by atoms with Gasteiger partial charge in [0.05, 0.1) is 19.8 Å². The summed E-state index contributed by atoms with van der Waals surface area (Å²) in [5.74, 6) is -0.823. The standard InChI is InChI=1S/C15H18O5/c1-5-9-7-15(14(17)19-4)8-10(6-2)20-12(15)11(9)13(16)18-3/h5-6,9-10H,1-2,7-8H2,3-4H3/t9-,10-,15-/m1/s1. The van der Waals surface area contributed by atoms with E-state index in [0.29, 0.717) is 24.2 Å². The van der Waals surface area contributed by atoms with E-state index in [2.05, 4.69) is 13.2 Å². The zero-order valence-electron chi connectivity index (χ0n) is 11.7. The number of allylic oxidation sites excluding steroid dienone is 1. The van der Waals surface area contributed by atoms with Gasteiger partial charge in [-0.2, -0.15) is 0 Å². The Bertz CT molecular complexity index is 504. The van der Waals surface area contributed by atoms with Crippen LogP contribution in [0.2, 0.25) is 0 Å². The van der Waals surface area contributed by atoms with Gasteiger partial charge in [0.2, 0.25) is 0 Å². The summed E-state index contributed by atoms with van der Waals surface area (Å²) in [6.07, 6.45) is 3.77. The third-order valence-electron chi connectivity index (χ3n) is 3.97. The minimum absolute atomic E-state index is 0.276. The molecule has 0 amide bonds. The number of fused-ring (bicyclic) bond motifs is 1. The first-order valence-electron chi connectivity index (χ1n) is 6.37. The first kappa shape index (κ1) is 14.4. The van der Waals surface area contributed by atoms with Crippen molar-refractivity contribution in [2.75, 3.05) is 14.2 Å². The lowest BCUT2D eigenvalue weighted by atomic mass is 9.81. The number of rotatable bonds is 4. The van der Waals surface area contributed by atoms with E-state index >= 15 is 0 Å². The highest BCUT2D eigenvalue weighted by Gasteiger charge is 2.59. The van der Waals surface area contributed by atoms with Gasteiger partial charge in [-0.05, 0) is 6.42 Å². The Morgan fingerprint density at radius 3 is 2.45 bits per heavy atom. The van der Waals surface area contributed by atoms with Crippen molar-refractivity contribution in [3.05, 3.63) is 36.6 Å². The summed E-state index contributed by atoms with van der Waals surface area (Å²) < 4.78 is 15.5. The zero-order valence-corrected chi connectivity index (χ0v) is 11.7. The number of ether oxygens (including phenoxy) is 3. The fraction of sp³-hybridized carbons (Fsp3) is 0.467. The van der Waals surface area contributed by atoms with Gasteiger partial charge < -0.3 is 14.2 Å². The van der Waals surface area contributed by atoms with Crippen molar-refractivity contribution >= 4 is 11.9 Å². The Morgan fingerprint density at radius 2 is 1.95 bits per heavy atom.